The van der Waals surface area contributed by atoms with Crippen LogP contribution >= 0.6 is 11.3 Å². The molecule has 1 unspecified atom stereocenters. The second-order valence-electron chi connectivity index (χ2n) is 5.84. The minimum Gasteiger partial charge on any atom is -0.467 e. The Bertz CT molecular complexity index is 585. The Morgan fingerprint density at radius 3 is 2.82 bits per heavy atom. The Labute approximate surface area is 134 Å². The minimum absolute atomic E-state index is 0.0964. The van der Waals surface area contributed by atoms with Crippen LogP contribution in [-0.4, -0.2) is 17.6 Å². The maximum absolute atomic E-state index is 12.7. The van der Waals surface area contributed by atoms with Gasteiger partial charge in [0, 0.05) is 11.4 Å². The van der Waals surface area contributed by atoms with Crippen molar-refractivity contribution < 1.29 is 14.3 Å². The van der Waals surface area contributed by atoms with E-state index in [2.05, 4.69) is 11.4 Å². The summed E-state index contributed by atoms with van der Waals surface area (Å²) in [5, 5.41) is 15.0. The summed E-state index contributed by atoms with van der Waals surface area (Å²) >= 11 is 1.66. The summed E-state index contributed by atoms with van der Waals surface area (Å²) < 4.78 is 5.17. The molecule has 2 aromatic heterocycles. The Balaban J connectivity index is 1.59. The van der Waals surface area contributed by atoms with E-state index in [9.17, 15) is 9.90 Å². The Morgan fingerprint density at radius 1 is 1.36 bits per heavy atom. The molecule has 0 radical (unpaired) electrons. The number of furan rings is 1. The molecule has 2 heterocycles. The van der Waals surface area contributed by atoms with E-state index in [0.717, 1.165) is 30.6 Å². The summed E-state index contributed by atoms with van der Waals surface area (Å²) in [7, 11) is 0. The van der Waals surface area contributed by atoms with E-state index in [0.29, 0.717) is 18.7 Å². The highest BCUT2D eigenvalue weighted by Gasteiger charge is 2.43. The monoisotopic (exact) mass is 319 g/mol. The lowest BCUT2D eigenvalue weighted by Gasteiger charge is -2.26. The molecule has 1 fully saturated rings. The van der Waals surface area contributed by atoms with Crippen molar-refractivity contribution in [3.05, 3.63) is 46.5 Å². The zero-order valence-electron chi connectivity index (χ0n) is 12.5. The van der Waals surface area contributed by atoms with Crippen LogP contribution in [0.15, 0.2) is 40.3 Å². The second-order valence-corrected chi connectivity index (χ2v) is 6.79. The molecule has 1 saturated carbocycles. The fraction of sp³-hybridized carbons (Fsp3) is 0.471. The van der Waals surface area contributed by atoms with Crippen molar-refractivity contribution in [1.29, 1.82) is 0 Å². The van der Waals surface area contributed by atoms with Crippen LogP contribution in [0.2, 0.25) is 0 Å². The normalized spacial score (nSPS) is 18.2. The van der Waals surface area contributed by atoms with Crippen LogP contribution in [0.1, 0.15) is 48.8 Å². The average Bonchev–Trinajstić information content (AvgIpc) is 3.27. The lowest BCUT2D eigenvalue weighted by molar-refractivity contribution is -0.126. The number of amides is 1. The predicted molar refractivity (Wildman–Crippen MR) is 85.8 cm³/mol. The fourth-order valence-corrected chi connectivity index (χ4v) is 4.21. The van der Waals surface area contributed by atoms with Gasteiger partial charge in [-0.3, -0.25) is 4.79 Å². The topological polar surface area (TPSA) is 62.5 Å². The van der Waals surface area contributed by atoms with E-state index >= 15 is 0 Å². The van der Waals surface area contributed by atoms with Gasteiger partial charge >= 0.3 is 0 Å². The standard InChI is InChI=1S/C17H21NO3S/c19-13(14-5-3-11-21-14)7-10-18-16(20)17(8-1-2-9-17)15-6-4-12-22-15/h3-6,11-13,19H,1-2,7-10H2,(H,18,20). The molecule has 22 heavy (non-hydrogen) atoms. The first-order chi connectivity index (χ1) is 10.7. The fourth-order valence-electron chi connectivity index (χ4n) is 3.23. The van der Waals surface area contributed by atoms with E-state index in [1.807, 2.05) is 11.4 Å². The number of hydrogen-bond donors (Lipinski definition) is 2. The summed E-state index contributed by atoms with van der Waals surface area (Å²) in [6, 6.07) is 7.57. The van der Waals surface area contributed by atoms with Crippen LogP contribution in [0.4, 0.5) is 0 Å². The molecule has 1 aliphatic rings. The molecule has 0 aromatic carbocycles. The van der Waals surface area contributed by atoms with Gasteiger partial charge in [0.1, 0.15) is 11.9 Å². The highest BCUT2D eigenvalue weighted by atomic mass is 32.1. The van der Waals surface area contributed by atoms with Gasteiger partial charge < -0.3 is 14.8 Å². The first-order valence-corrected chi connectivity index (χ1v) is 8.64. The van der Waals surface area contributed by atoms with Crippen LogP contribution < -0.4 is 5.32 Å². The molecule has 1 atom stereocenters. The summed E-state index contributed by atoms with van der Waals surface area (Å²) in [4.78, 5) is 13.9. The van der Waals surface area contributed by atoms with Gasteiger partial charge in [0.2, 0.25) is 5.91 Å². The third kappa shape index (κ3) is 2.96. The molecule has 118 valence electrons. The molecule has 0 spiro atoms. The van der Waals surface area contributed by atoms with Gasteiger partial charge in [0.05, 0.1) is 11.7 Å². The van der Waals surface area contributed by atoms with Crippen molar-refractivity contribution in [2.24, 2.45) is 0 Å². The summed E-state index contributed by atoms with van der Waals surface area (Å²) in [6.07, 6.45) is 5.36. The number of aliphatic hydroxyl groups is 1. The van der Waals surface area contributed by atoms with E-state index in [1.54, 1.807) is 29.7 Å². The molecule has 4 nitrogen and oxygen atoms in total. The van der Waals surface area contributed by atoms with Crippen molar-refractivity contribution >= 4 is 17.2 Å². The molecule has 0 saturated heterocycles. The van der Waals surface area contributed by atoms with Crippen LogP contribution in [0.3, 0.4) is 0 Å². The third-order valence-electron chi connectivity index (χ3n) is 4.46. The SMILES string of the molecule is O=C(NCCC(O)c1ccco1)C1(c2cccs2)CCCC1. The number of rotatable bonds is 6. The van der Waals surface area contributed by atoms with Gasteiger partial charge in [0.25, 0.3) is 0 Å². The van der Waals surface area contributed by atoms with Crippen LogP contribution in [0, 0.1) is 0 Å². The molecule has 0 aliphatic heterocycles. The summed E-state index contributed by atoms with van der Waals surface area (Å²) in [5.74, 6) is 0.641. The van der Waals surface area contributed by atoms with Crippen molar-refractivity contribution in [1.82, 2.24) is 5.32 Å². The summed E-state index contributed by atoms with van der Waals surface area (Å²) in [6.45, 7) is 0.452. The van der Waals surface area contributed by atoms with Gasteiger partial charge in [-0.05, 0) is 42.8 Å². The van der Waals surface area contributed by atoms with E-state index in [1.165, 1.54) is 0 Å². The van der Waals surface area contributed by atoms with Crippen LogP contribution in [-0.2, 0) is 10.2 Å². The Morgan fingerprint density at radius 2 is 2.18 bits per heavy atom. The lowest BCUT2D eigenvalue weighted by atomic mass is 9.83. The number of carbonyl (C=O) groups is 1. The molecule has 1 amide bonds. The zero-order chi connectivity index (χ0) is 15.4. The van der Waals surface area contributed by atoms with E-state index in [-0.39, 0.29) is 11.3 Å². The zero-order valence-corrected chi connectivity index (χ0v) is 13.3. The number of aliphatic hydroxyl groups excluding tert-OH is 1. The number of thiophene rings is 1. The molecule has 5 heteroatoms. The van der Waals surface area contributed by atoms with Gasteiger partial charge in [-0.25, -0.2) is 0 Å². The van der Waals surface area contributed by atoms with Crippen LogP contribution in [0.25, 0.3) is 0 Å². The molecule has 3 rings (SSSR count). The van der Waals surface area contributed by atoms with Crippen LogP contribution in [0.5, 0.6) is 0 Å². The largest absolute Gasteiger partial charge is 0.467 e. The first kappa shape index (κ1) is 15.3. The quantitative estimate of drug-likeness (QED) is 0.858. The minimum atomic E-state index is -0.670. The third-order valence-corrected chi connectivity index (χ3v) is 5.53. The van der Waals surface area contributed by atoms with Crippen molar-refractivity contribution in [2.45, 2.75) is 43.6 Å². The van der Waals surface area contributed by atoms with Crippen molar-refractivity contribution in [3.8, 4) is 0 Å². The Hall–Kier alpha value is -1.59. The van der Waals surface area contributed by atoms with Crippen molar-refractivity contribution in [3.63, 3.8) is 0 Å². The lowest BCUT2D eigenvalue weighted by Crippen LogP contribution is -2.42. The van der Waals surface area contributed by atoms with Gasteiger partial charge in [-0.2, -0.15) is 0 Å². The number of hydrogen-bond acceptors (Lipinski definition) is 4. The highest BCUT2D eigenvalue weighted by Crippen LogP contribution is 2.43. The van der Waals surface area contributed by atoms with Gasteiger partial charge in [-0.15, -0.1) is 11.3 Å². The first-order valence-electron chi connectivity index (χ1n) is 7.76. The summed E-state index contributed by atoms with van der Waals surface area (Å²) in [5.41, 5.74) is -0.357. The maximum Gasteiger partial charge on any atom is 0.231 e. The molecule has 0 bridgehead atoms. The average molecular weight is 319 g/mol. The predicted octanol–water partition coefficient (Wildman–Crippen LogP) is 3.39. The highest BCUT2D eigenvalue weighted by molar-refractivity contribution is 7.10. The Kier molecular flexibility index (Phi) is 4.64. The van der Waals surface area contributed by atoms with E-state index in [4.69, 9.17) is 4.42 Å². The maximum atomic E-state index is 12.7. The molecule has 2 aromatic rings. The van der Waals surface area contributed by atoms with Gasteiger partial charge in [-0.1, -0.05) is 18.9 Å². The number of carbonyl (C=O) groups excluding carboxylic acids is 1. The van der Waals surface area contributed by atoms with Crippen molar-refractivity contribution in [2.75, 3.05) is 6.54 Å². The number of nitrogens with one attached hydrogen (secondary N) is 1. The molecular weight excluding hydrogens is 298 g/mol. The molecule has 2 N–H and O–H groups in total. The molecule has 1 aliphatic carbocycles. The molecular formula is C17H21NO3S. The van der Waals surface area contributed by atoms with E-state index < -0.39 is 6.10 Å². The second kappa shape index (κ2) is 6.67. The van der Waals surface area contributed by atoms with Gasteiger partial charge in [0.15, 0.2) is 0 Å². The smallest absolute Gasteiger partial charge is 0.231 e.